The first-order valence-corrected chi connectivity index (χ1v) is 7.74. The van der Waals surface area contributed by atoms with E-state index in [-0.39, 0.29) is 10.6 Å². The second-order valence-corrected chi connectivity index (χ2v) is 6.73. The quantitative estimate of drug-likeness (QED) is 0.670. The van der Waals surface area contributed by atoms with Crippen molar-refractivity contribution in [2.75, 3.05) is 11.1 Å². The predicted octanol–water partition coefficient (Wildman–Crippen LogP) is 4.05. The van der Waals surface area contributed by atoms with E-state index < -0.39 is 0 Å². The van der Waals surface area contributed by atoms with Gasteiger partial charge in [0, 0.05) is 23.0 Å². The van der Waals surface area contributed by atoms with E-state index >= 15 is 0 Å². The lowest BCUT2D eigenvalue weighted by atomic mass is 10.1. The van der Waals surface area contributed by atoms with Crippen LogP contribution >= 0.6 is 27.7 Å². The summed E-state index contributed by atoms with van der Waals surface area (Å²) in [5, 5.41) is 14.8. The van der Waals surface area contributed by atoms with Gasteiger partial charge in [0.2, 0.25) is 0 Å². The summed E-state index contributed by atoms with van der Waals surface area (Å²) in [7, 11) is 0. The van der Waals surface area contributed by atoms with Gasteiger partial charge in [0.1, 0.15) is 0 Å². The Hall–Kier alpha value is -0.750. The number of thioether (sulfide) groups is 1. The van der Waals surface area contributed by atoms with E-state index in [9.17, 15) is 10.1 Å². The number of nitro benzene ring substituents is 1. The van der Waals surface area contributed by atoms with Crippen molar-refractivity contribution in [1.82, 2.24) is 0 Å². The molecule has 1 aromatic rings. The van der Waals surface area contributed by atoms with Crippen LogP contribution in [0.2, 0.25) is 0 Å². The molecule has 0 aromatic heterocycles. The highest BCUT2D eigenvalue weighted by atomic mass is 79.9. The van der Waals surface area contributed by atoms with Gasteiger partial charge in [0.05, 0.1) is 9.40 Å². The molecule has 2 unspecified atom stereocenters. The number of hydrogen-bond acceptors (Lipinski definition) is 4. The number of nitro groups is 1. The molecule has 1 aliphatic rings. The first-order chi connectivity index (χ1) is 8.58. The smallest absolute Gasteiger partial charge is 0.285 e. The molecule has 18 heavy (non-hydrogen) atoms. The number of nitrogens with one attached hydrogen (secondary N) is 1. The minimum absolute atomic E-state index is 0.108. The van der Waals surface area contributed by atoms with Crippen LogP contribution in [0.5, 0.6) is 0 Å². The Morgan fingerprint density at radius 2 is 2.33 bits per heavy atom. The number of benzene rings is 1. The Balaban J connectivity index is 2.14. The Labute approximate surface area is 119 Å². The molecule has 2 atom stereocenters. The molecule has 1 aliphatic heterocycles. The van der Waals surface area contributed by atoms with E-state index in [2.05, 4.69) is 28.2 Å². The van der Waals surface area contributed by atoms with E-state index in [0.29, 0.717) is 15.8 Å². The Bertz CT molecular complexity index is 456. The summed E-state index contributed by atoms with van der Waals surface area (Å²) in [4.78, 5) is 10.5. The monoisotopic (exact) mass is 330 g/mol. The summed E-state index contributed by atoms with van der Waals surface area (Å²) in [6.45, 7) is 2.20. The van der Waals surface area contributed by atoms with Crippen LogP contribution < -0.4 is 5.32 Å². The topological polar surface area (TPSA) is 55.2 Å². The van der Waals surface area contributed by atoms with Crippen LogP contribution in [-0.4, -0.2) is 22.0 Å². The lowest BCUT2D eigenvalue weighted by Crippen LogP contribution is -2.32. The first-order valence-electron chi connectivity index (χ1n) is 5.90. The molecule has 1 N–H and O–H groups in total. The molecule has 2 rings (SSSR count). The Morgan fingerprint density at radius 3 is 3.00 bits per heavy atom. The molecule has 0 radical (unpaired) electrons. The van der Waals surface area contributed by atoms with Crippen LogP contribution in [0.25, 0.3) is 0 Å². The Morgan fingerprint density at radius 1 is 1.56 bits per heavy atom. The summed E-state index contributed by atoms with van der Waals surface area (Å²) in [6.07, 6.45) is 2.32. The van der Waals surface area contributed by atoms with Gasteiger partial charge in [-0.2, -0.15) is 11.8 Å². The highest BCUT2D eigenvalue weighted by Crippen LogP contribution is 2.31. The van der Waals surface area contributed by atoms with Gasteiger partial charge in [0.15, 0.2) is 0 Å². The first kappa shape index (κ1) is 13.7. The fraction of sp³-hybridized carbons (Fsp3) is 0.500. The van der Waals surface area contributed by atoms with Crippen LogP contribution in [0.15, 0.2) is 22.7 Å². The number of rotatable bonds is 3. The lowest BCUT2D eigenvalue weighted by Gasteiger charge is -2.29. The van der Waals surface area contributed by atoms with Crippen molar-refractivity contribution in [2.24, 2.45) is 0 Å². The molecule has 0 spiro atoms. The van der Waals surface area contributed by atoms with Crippen LogP contribution in [0.1, 0.15) is 19.8 Å². The van der Waals surface area contributed by atoms with Crippen LogP contribution in [-0.2, 0) is 0 Å². The molecular formula is C12H15BrN2O2S. The van der Waals surface area contributed by atoms with Gasteiger partial charge in [0.25, 0.3) is 5.69 Å². The molecule has 1 heterocycles. The van der Waals surface area contributed by atoms with Crippen molar-refractivity contribution in [2.45, 2.75) is 31.1 Å². The average Bonchev–Trinajstić information content (AvgIpc) is 2.34. The van der Waals surface area contributed by atoms with Crippen molar-refractivity contribution >= 4 is 39.1 Å². The number of halogens is 1. The van der Waals surface area contributed by atoms with Crippen molar-refractivity contribution in [3.8, 4) is 0 Å². The van der Waals surface area contributed by atoms with Gasteiger partial charge in [-0.3, -0.25) is 10.1 Å². The number of hydrogen-bond donors (Lipinski definition) is 1. The van der Waals surface area contributed by atoms with Crippen LogP contribution in [0, 0.1) is 10.1 Å². The van der Waals surface area contributed by atoms with E-state index in [4.69, 9.17) is 0 Å². The highest BCUT2D eigenvalue weighted by Gasteiger charge is 2.22. The number of nitrogens with zero attached hydrogens (tertiary/aromatic N) is 1. The molecule has 4 nitrogen and oxygen atoms in total. The maximum atomic E-state index is 10.9. The second-order valence-electron chi connectivity index (χ2n) is 4.39. The molecule has 98 valence electrons. The summed E-state index contributed by atoms with van der Waals surface area (Å²) in [5.41, 5.74) is 0.931. The van der Waals surface area contributed by atoms with Crippen molar-refractivity contribution in [3.05, 3.63) is 32.8 Å². The normalized spacial score (nSPS) is 23.7. The molecule has 1 saturated heterocycles. The van der Waals surface area contributed by atoms with Gasteiger partial charge in [-0.15, -0.1) is 0 Å². The van der Waals surface area contributed by atoms with Gasteiger partial charge < -0.3 is 5.32 Å². The minimum Gasteiger partial charge on any atom is -0.381 e. The molecule has 1 aromatic carbocycles. The zero-order valence-corrected chi connectivity index (χ0v) is 12.5. The molecule has 0 bridgehead atoms. The SMILES string of the molecule is CC1SCCCC1Nc1ccc(Br)c([N+](=O)[O-])c1. The largest absolute Gasteiger partial charge is 0.381 e. The zero-order chi connectivity index (χ0) is 13.1. The van der Waals surface area contributed by atoms with Gasteiger partial charge >= 0.3 is 0 Å². The average molecular weight is 331 g/mol. The summed E-state index contributed by atoms with van der Waals surface area (Å²) >= 11 is 5.15. The molecular weight excluding hydrogens is 316 g/mol. The molecule has 6 heteroatoms. The summed E-state index contributed by atoms with van der Waals surface area (Å²) in [6, 6.07) is 5.59. The third kappa shape index (κ3) is 3.17. The molecule has 0 aliphatic carbocycles. The van der Waals surface area contributed by atoms with Gasteiger partial charge in [-0.25, -0.2) is 0 Å². The van der Waals surface area contributed by atoms with Gasteiger partial charge in [-0.05, 0) is 46.7 Å². The van der Waals surface area contributed by atoms with Crippen molar-refractivity contribution < 1.29 is 4.92 Å². The van der Waals surface area contributed by atoms with Crippen LogP contribution in [0.4, 0.5) is 11.4 Å². The molecule has 0 saturated carbocycles. The van der Waals surface area contributed by atoms with Crippen molar-refractivity contribution in [3.63, 3.8) is 0 Å². The third-order valence-electron chi connectivity index (χ3n) is 3.10. The Kier molecular flexibility index (Phi) is 4.50. The van der Waals surface area contributed by atoms with E-state index in [1.165, 1.54) is 12.2 Å². The maximum absolute atomic E-state index is 10.9. The van der Waals surface area contributed by atoms with Gasteiger partial charge in [-0.1, -0.05) is 6.92 Å². The minimum atomic E-state index is -0.367. The highest BCUT2D eigenvalue weighted by molar-refractivity contribution is 9.10. The van der Waals surface area contributed by atoms with E-state index in [1.54, 1.807) is 12.1 Å². The zero-order valence-electron chi connectivity index (χ0n) is 10.1. The predicted molar refractivity (Wildman–Crippen MR) is 79.4 cm³/mol. The fourth-order valence-corrected chi connectivity index (χ4v) is 3.60. The maximum Gasteiger partial charge on any atom is 0.285 e. The molecule has 0 amide bonds. The fourth-order valence-electron chi connectivity index (χ4n) is 2.07. The summed E-state index contributed by atoms with van der Waals surface area (Å²) < 4.78 is 0.518. The van der Waals surface area contributed by atoms with Crippen molar-refractivity contribution in [1.29, 1.82) is 0 Å². The van der Waals surface area contributed by atoms with E-state index in [1.807, 2.05) is 17.8 Å². The van der Waals surface area contributed by atoms with E-state index in [0.717, 1.165) is 12.1 Å². The standard InChI is InChI=1S/C12H15BrN2O2S/c1-8-11(3-2-6-18-8)14-9-4-5-10(13)12(7-9)15(16)17/h4-5,7-8,11,14H,2-3,6H2,1H3. The number of anilines is 1. The summed E-state index contributed by atoms with van der Waals surface area (Å²) in [5.74, 6) is 1.21. The third-order valence-corrected chi connectivity index (χ3v) is 5.15. The molecule has 1 fully saturated rings. The second kappa shape index (κ2) is 5.93. The lowest BCUT2D eigenvalue weighted by molar-refractivity contribution is -0.385. The van der Waals surface area contributed by atoms with Crippen LogP contribution in [0.3, 0.4) is 0 Å².